The van der Waals surface area contributed by atoms with Crippen molar-refractivity contribution in [2.45, 2.75) is 31.4 Å². The summed E-state index contributed by atoms with van der Waals surface area (Å²) in [5.74, 6) is -4.15. The molecule has 2 amide bonds. The largest absolute Gasteiger partial charge is 0.481 e. The van der Waals surface area contributed by atoms with E-state index in [1.807, 2.05) is 0 Å². The fraction of sp³-hybridized carbons (Fsp3) is 0.500. The molecule has 2 fully saturated rings. The number of rotatable bonds is 5. The molecular weight excluding hydrogens is 362 g/mol. The molecule has 146 valence electrons. The maximum atomic E-state index is 14.0. The van der Waals surface area contributed by atoms with Crippen molar-refractivity contribution in [1.82, 2.24) is 4.90 Å². The first-order valence-corrected chi connectivity index (χ1v) is 8.60. The SMILES string of the molecule is COC1CC(CC(=O)O)N(C(=O)C2CC(=O)N(c3ccc(F)cc3F)C2)C1. The number of carboxylic acids is 1. The van der Waals surface area contributed by atoms with E-state index in [1.54, 1.807) is 0 Å². The van der Waals surface area contributed by atoms with E-state index in [0.29, 0.717) is 12.5 Å². The summed E-state index contributed by atoms with van der Waals surface area (Å²) in [6.45, 7) is 0.219. The third-order valence-corrected chi connectivity index (χ3v) is 5.08. The highest BCUT2D eigenvalue weighted by Gasteiger charge is 2.43. The summed E-state index contributed by atoms with van der Waals surface area (Å²) >= 11 is 0. The number of anilines is 1. The van der Waals surface area contributed by atoms with Gasteiger partial charge >= 0.3 is 5.97 Å². The molecule has 2 aliphatic rings. The molecule has 2 saturated heterocycles. The van der Waals surface area contributed by atoms with Crippen LogP contribution in [0.4, 0.5) is 14.5 Å². The standard InChI is InChI=1S/C18H20F2N2O5/c1-27-13-6-12(7-17(24)25)21(9-13)18(26)10-4-16(23)22(8-10)15-3-2-11(19)5-14(15)20/h2-3,5,10,12-13H,4,6-9H2,1H3,(H,24,25). The third-order valence-electron chi connectivity index (χ3n) is 5.08. The number of hydrogen-bond acceptors (Lipinski definition) is 4. The number of aliphatic carboxylic acids is 1. The molecule has 3 atom stereocenters. The van der Waals surface area contributed by atoms with Gasteiger partial charge in [0.2, 0.25) is 11.8 Å². The molecule has 3 rings (SSSR count). The molecule has 27 heavy (non-hydrogen) atoms. The Kier molecular flexibility index (Phi) is 5.41. The Bertz CT molecular complexity index is 772. The van der Waals surface area contributed by atoms with Gasteiger partial charge in [-0.3, -0.25) is 14.4 Å². The van der Waals surface area contributed by atoms with Gasteiger partial charge in [0.25, 0.3) is 0 Å². The highest BCUT2D eigenvalue weighted by molar-refractivity contribution is 6.00. The summed E-state index contributed by atoms with van der Waals surface area (Å²) in [5, 5.41) is 9.07. The number of halogens is 2. The average molecular weight is 382 g/mol. The summed E-state index contributed by atoms with van der Waals surface area (Å²) in [7, 11) is 1.49. The second-order valence-corrected chi connectivity index (χ2v) is 6.84. The Morgan fingerprint density at radius 3 is 2.67 bits per heavy atom. The molecular formula is C18H20F2N2O5. The molecule has 3 unspecified atom stereocenters. The van der Waals surface area contributed by atoms with Crippen LogP contribution in [0.1, 0.15) is 19.3 Å². The summed E-state index contributed by atoms with van der Waals surface area (Å²) < 4.78 is 32.3. The van der Waals surface area contributed by atoms with Crippen LogP contribution >= 0.6 is 0 Å². The topological polar surface area (TPSA) is 87.1 Å². The smallest absolute Gasteiger partial charge is 0.305 e. The first-order valence-electron chi connectivity index (χ1n) is 8.60. The minimum Gasteiger partial charge on any atom is -0.481 e. The zero-order chi connectivity index (χ0) is 19.7. The second-order valence-electron chi connectivity index (χ2n) is 6.84. The Balaban J connectivity index is 1.75. The van der Waals surface area contributed by atoms with Gasteiger partial charge in [0.05, 0.1) is 24.1 Å². The van der Waals surface area contributed by atoms with E-state index in [1.165, 1.54) is 18.1 Å². The van der Waals surface area contributed by atoms with Gasteiger partial charge in [-0.15, -0.1) is 0 Å². The molecule has 2 aliphatic heterocycles. The van der Waals surface area contributed by atoms with Crippen LogP contribution in [-0.4, -0.2) is 60.1 Å². The molecule has 7 nitrogen and oxygen atoms in total. The van der Waals surface area contributed by atoms with Crippen molar-refractivity contribution in [2.75, 3.05) is 25.1 Å². The van der Waals surface area contributed by atoms with Crippen LogP contribution in [0.5, 0.6) is 0 Å². The van der Waals surface area contributed by atoms with E-state index in [0.717, 1.165) is 11.0 Å². The van der Waals surface area contributed by atoms with Gasteiger partial charge in [-0.05, 0) is 18.6 Å². The summed E-state index contributed by atoms with van der Waals surface area (Å²) in [6, 6.07) is 2.39. The van der Waals surface area contributed by atoms with Crippen molar-refractivity contribution in [1.29, 1.82) is 0 Å². The Morgan fingerprint density at radius 2 is 2.04 bits per heavy atom. The van der Waals surface area contributed by atoms with Crippen molar-refractivity contribution in [2.24, 2.45) is 5.92 Å². The van der Waals surface area contributed by atoms with E-state index in [2.05, 4.69) is 0 Å². The number of amides is 2. The number of nitrogens with zero attached hydrogens (tertiary/aromatic N) is 2. The molecule has 0 aromatic heterocycles. The Labute approximate surface area is 154 Å². The minimum absolute atomic E-state index is 0.0336. The van der Waals surface area contributed by atoms with Crippen molar-refractivity contribution in [3.05, 3.63) is 29.8 Å². The third kappa shape index (κ3) is 3.92. The fourth-order valence-electron chi connectivity index (χ4n) is 3.75. The van der Waals surface area contributed by atoms with Gasteiger partial charge in [0, 0.05) is 38.7 Å². The van der Waals surface area contributed by atoms with Crippen LogP contribution in [0, 0.1) is 17.6 Å². The normalized spacial score (nSPS) is 25.3. The van der Waals surface area contributed by atoms with Crippen molar-refractivity contribution >= 4 is 23.5 Å². The van der Waals surface area contributed by atoms with E-state index >= 15 is 0 Å². The number of carbonyl (C=O) groups is 3. The van der Waals surface area contributed by atoms with Crippen LogP contribution in [0.2, 0.25) is 0 Å². The molecule has 0 bridgehead atoms. The Hall–Kier alpha value is -2.55. The molecule has 0 radical (unpaired) electrons. The lowest BCUT2D eigenvalue weighted by Gasteiger charge is -2.26. The van der Waals surface area contributed by atoms with Gasteiger partial charge in [0.1, 0.15) is 11.6 Å². The minimum atomic E-state index is -1.02. The van der Waals surface area contributed by atoms with E-state index in [9.17, 15) is 23.2 Å². The number of carboxylic acid groups (broad SMARTS) is 1. The highest BCUT2D eigenvalue weighted by atomic mass is 19.1. The second kappa shape index (κ2) is 7.59. The Morgan fingerprint density at radius 1 is 1.30 bits per heavy atom. The van der Waals surface area contributed by atoms with Crippen LogP contribution < -0.4 is 4.90 Å². The molecule has 1 N–H and O–H groups in total. The van der Waals surface area contributed by atoms with Crippen LogP contribution in [-0.2, 0) is 19.1 Å². The number of likely N-dealkylation sites (tertiary alicyclic amines) is 1. The maximum absolute atomic E-state index is 14.0. The molecule has 1 aromatic rings. The first kappa shape index (κ1) is 19.2. The predicted molar refractivity (Wildman–Crippen MR) is 90.0 cm³/mol. The fourth-order valence-corrected chi connectivity index (χ4v) is 3.75. The summed E-state index contributed by atoms with van der Waals surface area (Å²) in [6.07, 6.45) is -0.168. The van der Waals surface area contributed by atoms with Crippen molar-refractivity contribution < 1.29 is 33.0 Å². The quantitative estimate of drug-likeness (QED) is 0.832. The number of hydrogen-bond donors (Lipinski definition) is 1. The number of ether oxygens (including phenoxy) is 1. The monoisotopic (exact) mass is 382 g/mol. The summed E-state index contributed by atoms with van der Waals surface area (Å²) in [4.78, 5) is 38.9. The number of methoxy groups -OCH3 is 1. The van der Waals surface area contributed by atoms with Gasteiger partial charge in [0.15, 0.2) is 0 Å². The lowest BCUT2D eigenvalue weighted by atomic mass is 10.1. The molecule has 1 aromatic carbocycles. The van der Waals surface area contributed by atoms with Gasteiger partial charge in [-0.2, -0.15) is 0 Å². The average Bonchev–Trinajstić information content (AvgIpc) is 3.17. The molecule has 0 spiro atoms. The summed E-state index contributed by atoms with van der Waals surface area (Å²) in [5.41, 5.74) is -0.0741. The van der Waals surface area contributed by atoms with Crippen LogP contribution in [0.25, 0.3) is 0 Å². The van der Waals surface area contributed by atoms with Crippen molar-refractivity contribution in [3.63, 3.8) is 0 Å². The molecule has 0 aliphatic carbocycles. The lowest BCUT2D eigenvalue weighted by molar-refractivity contribution is -0.141. The van der Waals surface area contributed by atoms with Gasteiger partial charge < -0.3 is 19.6 Å². The van der Waals surface area contributed by atoms with Gasteiger partial charge in [-0.1, -0.05) is 0 Å². The first-order chi connectivity index (χ1) is 12.8. The highest BCUT2D eigenvalue weighted by Crippen LogP contribution is 2.31. The van der Waals surface area contributed by atoms with Gasteiger partial charge in [-0.25, -0.2) is 8.78 Å². The molecule has 0 saturated carbocycles. The van der Waals surface area contributed by atoms with E-state index < -0.39 is 35.5 Å². The zero-order valence-corrected chi connectivity index (χ0v) is 14.7. The molecule has 2 heterocycles. The van der Waals surface area contributed by atoms with E-state index in [4.69, 9.17) is 9.84 Å². The zero-order valence-electron chi connectivity index (χ0n) is 14.7. The van der Waals surface area contributed by atoms with Crippen LogP contribution in [0.3, 0.4) is 0 Å². The predicted octanol–water partition coefficient (Wildman–Crippen LogP) is 1.41. The number of carbonyl (C=O) groups excluding carboxylic acids is 2. The lowest BCUT2D eigenvalue weighted by Crippen LogP contribution is -2.42. The maximum Gasteiger partial charge on any atom is 0.305 e. The van der Waals surface area contributed by atoms with Crippen LogP contribution in [0.15, 0.2) is 18.2 Å². The number of benzene rings is 1. The molecule has 9 heteroatoms. The van der Waals surface area contributed by atoms with Crippen molar-refractivity contribution in [3.8, 4) is 0 Å². The van der Waals surface area contributed by atoms with E-state index in [-0.39, 0.29) is 43.6 Å².